The summed E-state index contributed by atoms with van der Waals surface area (Å²) in [6.45, 7) is 3.77. The Morgan fingerprint density at radius 2 is 2.00 bits per heavy atom. The van der Waals surface area contributed by atoms with Gasteiger partial charge in [-0.25, -0.2) is 4.39 Å². The summed E-state index contributed by atoms with van der Waals surface area (Å²) in [5.41, 5.74) is 0.507. The topological polar surface area (TPSA) is 22.9 Å². The highest BCUT2D eigenvalue weighted by atomic mass is 19.1. The molecule has 0 atom stereocenters. The largest absolute Gasteiger partial charge is 0.593 e. The van der Waals surface area contributed by atoms with Gasteiger partial charge in [-0.3, -0.25) is 0 Å². The van der Waals surface area contributed by atoms with Crippen LogP contribution in [0.4, 0.5) is 4.39 Å². The Bertz CT molecular complexity index is 235. The van der Waals surface area contributed by atoms with Gasteiger partial charge < -0.3 is 5.11 Å². The molecule has 1 aromatic carbocycles. The molecular weight excluding hydrogens is 143 g/mol. The molecule has 1 rings (SSSR count). The number of rotatable bonds is 1. The van der Waals surface area contributed by atoms with Gasteiger partial charge in [0, 0.05) is 6.07 Å². The maximum Gasteiger partial charge on any atom is 0.260 e. The Morgan fingerprint density at radius 1 is 1.36 bits per heavy atom. The van der Waals surface area contributed by atoms with Crippen molar-refractivity contribution in [2.45, 2.75) is 19.8 Å². The normalized spacial score (nSPS) is 10.5. The average Bonchev–Trinajstić information content (AvgIpc) is 1.85. The highest BCUT2D eigenvalue weighted by Gasteiger charge is 2.13. The van der Waals surface area contributed by atoms with Gasteiger partial charge in [0.15, 0.2) is 0 Å². The Balaban J connectivity index is 3.21. The van der Waals surface area contributed by atoms with Crippen LogP contribution in [-0.4, -0.2) is 5.11 Å². The Morgan fingerprint density at radius 3 is 2.36 bits per heavy atom. The molecule has 0 fully saturated rings. The lowest BCUT2D eigenvalue weighted by Gasteiger charge is -2.05. The predicted molar refractivity (Wildman–Crippen MR) is 43.5 cm³/mol. The molecule has 0 aromatic heterocycles. The van der Waals surface area contributed by atoms with Crippen LogP contribution in [0.2, 0.25) is 0 Å². The molecule has 0 spiro atoms. The highest BCUT2D eigenvalue weighted by molar-refractivity contribution is 5.35. The fraction of sp³-hybridized carbons (Fsp3) is 0.333. The van der Waals surface area contributed by atoms with Gasteiger partial charge in [0.25, 0.3) is 5.75 Å². The molecule has 0 saturated heterocycles. The monoisotopic (exact) mass is 155 g/mol. The molecule has 2 N–H and O–H groups in total. The van der Waals surface area contributed by atoms with Gasteiger partial charge in [-0.15, -0.1) is 0 Å². The summed E-state index contributed by atoms with van der Waals surface area (Å²) in [4.78, 5) is 0. The van der Waals surface area contributed by atoms with Crippen molar-refractivity contribution < 1.29 is 9.50 Å². The molecule has 0 radical (unpaired) electrons. The summed E-state index contributed by atoms with van der Waals surface area (Å²) < 4.78 is 13.0. The van der Waals surface area contributed by atoms with Crippen molar-refractivity contribution in [3.63, 3.8) is 0 Å². The minimum absolute atomic E-state index is 0.0868. The van der Waals surface area contributed by atoms with Gasteiger partial charge in [0.2, 0.25) is 0 Å². The van der Waals surface area contributed by atoms with Crippen LogP contribution in [0.25, 0.3) is 0 Å². The predicted octanol–water partition coefficient (Wildman–Crippen LogP) is 2.39. The zero-order valence-electron chi connectivity index (χ0n) is 6.69. The zero-order valence-corrected chi connectivity index (χ0v) is 6.69. The van der Waals surface area contributed by atoms with Crippen molar-refractivity contribution in [2.24, 2.45) is 0 Å². The van der Waals surface area contributed by atoms with E-state index in [9.17, 15) is 4.39 Å². The van der Waals surface area contributed by atoms with Crippen LogP contribution in [0.1, 0.15) is 25.3 Å². The maximum atomic E-state index is 13.0. The number of hydrogen-bond donors (Lipinski definition) is 0. The molecule has 0 bridgehead atoms. The van der Waals surface area contributed by atoms with Crippen LogP contribution in [0.5, 0.6) is 5.75 Å². The lowest BCUT2D eigenvalue weighted by atomic mass is 10.0. The van der Waals surface area contributed by atoms with E-state index in [2.05, 4.69) is 0 Å². The van der Waals surface area contributed by atoms with E-state index in [1.54, 1.807) is 12.1 Å². The maximum absolute atomic E-state index is 13.0. The minimum atomic E-state index is -0.271. The van der Waals surface area contributed by atoms with E-state index in [4.69, 9.17) is 5.11 Å². The van der Waals surface area contributed by atoms with Crippen molar-refractivity contribution in [1.82, 2.24) is 0 Å². The first-order valence-corrected chi connectivity index (χ1v) is 3.63. The first kappa shape index (κ1) is 8.05. The Kier molecular flexibility index (Phi) is 2.13. The molecule has 0 aliphatic rings. The first-order valence-electron chi connectivity index (χ1n) is 3.63. The van der Waals surface area contributed by atoms with Gasteiger partial charge >= 0.3 is 0 Å². The molecule has 0 heterocycles. The number of halogens is 1. The van der Waals surface area contributed by atoms with E-state index in [0.717, 1.165) is 0 Å². The minimum Gasteiger partial charge on any atom is -0.593 e. The average molecular weight is 155 g/mol. The van der Waals surface area contributed by atoms with E-state index in [1.807, 2.05) is 13.8 Å². The second-order valence-electron chi connectivity index (χ2n) is 2.86. The summed E-state index contributed by atoms with van der Waals surface area (Å²) in [7, 11) is 0. The molecule has 2 heteroatoms. The first-order chi connectivity index (χ1) is 5.13. The van der Waals surface area contributed by atoms with Crippen molar-refractivity contribution in [3.8, 4) is 5.75 Å². The van der Waals surface area contributed by atoms with Crippen molar-refractivity contribution >= 4 is 0 Å². The fourth-order valence-corrected chi connectivity index (χ4v) is 1.12. The van der Waals surface area contributed by atoms with Gasteiger partial charge in [-0.05, 0) is 12.0 Å². The Hall–Kier alpha value is -1.05. The van der Waals surface area contributed by atoms with Gasteiger partial charge in [0.1, 0.15) is 5.82 Å². The standard InChI is InChI=1S/C9H11FO/c1-6(2)9-7(10)4-3-5-8(9)11/h3-6,11H,1-2H3/p+1. The molecule has 1 aromatic rings. The summed E-state index contributed by atoms with van der Waals surface area (Å²) in [5, 5.41) is 7.40. The van der Waals surface area contributed by atoms with Crippen molar-refractivity contribution in [2.75, 3.05) is 0 Å². The number of hydrogen-bond acceptors (Lipinski definition) is 0. The molecule has 0 unspecified atom stereocenters. The van der Waals surface area contributed by atoms with E-state index in [0.29, 0.717) is 11.3 Å². The summed E-state index contributed by atoms with van der Waals surface area (Å²) >= 11 is 0. The molecule has 11 heavy (non-hydrogen) atoms. The van der Waals surface area contributed by atoms with Crippen molar-refractivity contribution in [1.29, 1.82) is 0 Å². The van der Waals surface area contributed by atoms with Crippen LogP contribution < -0.4 is 0 Å². The molecule has 0 aliphatic heterocycles. The molecular formula is C9H12FO+. The summed E-state index contributed by atoms with van der Waals surface area (Å²) in [6.07, 6.45) is 0. The lowest BCUT2D eigenvalue weighted by Crippen LogP contribution is -1.92. The second-order valence-corrected chi connectivity index (χ2v) is 2.86. The smallest absolute Gasteiger partial charge is 0.260 e. The quantitative estimate of drug-likeness (QED) is 0.556. The Labute approximate surface area is 65.5 Å². The van der Waals surface area contributed by atoms with E-state index in [-0.39, 0.29) is 11.7 Å². The van der Waals surface area contributed by atoms with E-state index in [1.165, 1.54) is 6.07 Å². The zero-order chi connectivity index (χ0) is 8.43. The SMILES string of the molecule is CC(C)c1c([OH2+])cccc1F. The molecule has 0 saturated carbocycles. The van der Waals surface area contributed by atoms with Crippen LogP contribution in [0, 0.1) is 5.82 Å². The third kappa shape index (κ3) is 1.50. The van der Waals surface area contributed by atoms with Crippen LogP contribution in [0.15, 0.2) is 18.2 Å². The second kappa shape index (κ2) is 2.91. The third-order valence-electron chi connectivity index (χ3n) is 1.63. The highest BCUT2D eigenvalue weighted by Crippen LogP contribution is 2.27. The van der Waals surface area contributed by atoms with Crippen LogP contribution in [-0.2, 0) is 0 Å². The summed E-state index contributed by atoms with van der Waals surface area (Å²) in [6, 6.07) is 4.56. The van der Waals surface area contributed by atoms with Gasteiger partial charge in [-0.1, -0.05) is 19.9 Å². The van der Waals surface area contributed by atoms with Gasteiger partial charge in [-0.2, -0.15) is 0 Å². The van der Waals surface area contributed by atoms with Gasteiger partial charge in [0.05, 0.1) is 5.56 Å². The molecule has 0 aliphatic carbocycles. The van der Waals surface area contributed by atoms with E-state index >= 15 is 0 Å². The summed E-state index contributed by atoms with van der Waals surface area (Å²) in [5.74, 6) is 0.108. The van der Waals surface area contributed by atoms with Crippen molar-refractivity contribution in [3.05, 3.63) is 29.6 Å². The number of benzene rings is 1. The van der Waals surface area contributed by atoms with Crippen LogP contribution >= 0.6 is 0 Å². The fourth-order valence-electron chi connectivity index (χ4n) is 1.12. The molecule has 60 valence electrons. The molecule has 1 nitrogen and oxygen atoms in total. The third-order valence-corrected chi connectivity index (χ3v) is 1.63. The van der Waals surface area contributed by atoms with Crippen LogP contribution in [0.3, 0.4) is 0 Å². The molecule has 0 amide bonds. The van der Waals surface area contributed by atoms with E-state index < -0.39 is 0 Å². The lowest BCUT2D eigenvalue weighted by molar-refractivity contribution is 0.454.